The molecule has 1 aromatic heterocycles. The normalized spacial score (nSPS) is 10.3. The van der Waals surface area contributed by atoms with Crippen molar-refractivity contribution in [1.82, 2.24) is 4.98 Å². The van der Waals surface area contributed by atoms with Gasteiger partial charge in [0.1, 0.15) is 18.2 Å². The number of nitrogens with one attached hydrogen (secondary N) is 1. The Kier molecular flexibility index (Phi) is 7.47. The van der Waals surface area contributed by atoms with E-state index >= 15 is 0 Å². The molecule has 0 radical (unpaired) electrons. The van der Waals surface area contributed by atoms with E-state index in [2.05, 4.69) is 4.98 Å². The Morgan fingerprint density at radius 3 is 2.11 bits per heavy atom. The molecule has 0 aliphatic heterocycles. The van der Waals surface area contributed by atoms with Crippen LogP contribution < -0.4 is 10.5 Å². The first-order valence-corrected chi connectivity index (χ1v) is 7.99. The van der Waals surface area contributed by atoms with Crippen LogP contribution in [0.1, 0.15) is 26.3 Å². The van der Waals surface area contributed by atoms with Crippen molar-refractivity contribution in [2.75, 3.05) is 6.61 Å². The molecule has 0 saturated carbocycles. The Labute approximate surface area is 157 Å². The molecule has 0 saturated heterocycles. The lowest BCUT2D eigenvalue weighted by Crippen LogP contribution is -2.30. The Morgan fingerprint density at radius 2 is 1.70 bits per heavy atom. The zero-order valence-electron chi connectivity index (χ0n) is 15.4. The Balaban J connectivity index is 0.000000828. The lowest BCUT2D eigenvalue weighted by atomic mass is 9.95. The van der Waals surface area contributed by atoms with Crippen LogP contribution in [0.2, 0.25) is 0 Å². The lowest BCUT2D eigenvalue weighted by Gasteiger charge is -2.19. The highest BCUT2D eigenvalue weighted by Gasteiger charge is 2.28. The largest absolute Gasteiger partial charge is 0.492 e. The summed E-state index contributed by atoms with van der Waals surface area (Å²) in [5.74, 6) is -1.15. The van der Waals surface area contributed by atoms with Crippen molar-refractivity contribution >= 4 is 17.8 Å². The van der Waals surface area contributed by atoms with Gasteiger partial charge in [-0.2, -0.15) is 0 Å². The van der Waals surface area contributed by atoms with Crippen molar-refractivity contribution in [2.24, 2.45) is 11.1 Å². The van der Waals surface area contributed by atoms with Crippen LogP contribution in [0.25, 0.3) is 11.3 Å². The number of hydrogen-bond donors (Lipinski definition) is 4. The highest BCUT2D eigenvalue weighted by Crippen LogP contribution is 2.23. The predicted molar refractivity (Wildman–Crippen MR) is 101 cm³/mol. The van der Waals surface area contributed by atoms with Gasteiger partial charge in [0.15, 0.2) is 0 Å². The number of aromatic nitrogens is 1. The third kappa shape index (κ3) is 7.15. The van der Waals surface area contributed by atoms with Gasteiger partial charge in [-0.3, -0.25) is 20.0 Å². The first-order valence-electron chi connectivity index (χ1n) is 7.99. The molecule has 0 spiro atoms. The Morgan fingerprint density at radius 1 is 1.15 bits per heavy atom. The Hall–Kier alpha value is -3.42. The zero-order chi connectivity index (χ0) is 20.6. The van der Waals surface area contributed by atoms with Crippen LogP contribution in [0.3, 0.4) is 0 Å². The SMILES string of the molecule is CC(=O)O.CC(C)(COc1ccc(-c2ccc(C(=N)N)cn2)cc1)C(=O)O. The molecule has 0 aliphatic carbocycles. The molecule has 2 rings (SSSR count). The molecule has 2 aromatic rings. The molecule has 1 heterocycles. The van der Waals surface area contributed by atoms with Crippen LogP contribution in [0.5, 0.6) is 5.75 Å². The summed E-state index contributed by atoms with van der Waals surface area (Å²) in [6.07, 6.45) is 1.55. The molecule has 1 aromatic carbocycles. The zero-order valence-corrected chi connectivity index (χ0v) is 15.4. The number of hydrogen-bond acceptors (Lipinski definition) is 5. The van der Waals surface area contributed by atoms with Crippen molar-refractivity contribution in [1.29, 1.82) is 5.41 Å². The van der Waals surface area contributed by atoms with E-state index < -0.39 is 17.4 Å². The van der Waals surface area contributed by atoms with Gasteiger partial charge in [0, 0.05) is 24.2 Å². The van der Waals surface area contributed by atoms with E-state index in [0.717, 1.165) is 18.2 Å². The average molecular weight is 373 g/mol. The van der Waals surface area contributed by atoms with Crippen LogP contribution in [-0.2, 0) is 9.59 Å². The summed E-state index contributed by atoms with van der Waals surface area (Å²) >= 11 is 0. The molecule has 8 nitrogen and oxygen atoms in total. The summed E-state index contributed by atoms with van der Waals surface area (Å²) in [5, 5.41) is 23.8. The van der Waals surface area contributed by atoms with E-state index in [-0.39, 0.29) is 12.4 Å². The maximum absolute atomic E-state index is 11.0. The first-order chi connectivity index (χ1) is 12.5. The maximum atomic E-state index is 11.0. The number of aliphatic carboxylic acids is 2. The van der Waals surface area contributed by atoms with E-state index in [1.165, 1.54) is 0 Å². The van der Waals surface area contributed by atoms with E-state index in [1.807, 2.05) is 12.1 Å². The van der Waals surface area contributed by atoms with Crippen molar-refractivity contribution < 1.29 is 24.5 Å². The number of carboxylic acids is 2. The number of carboxylic acid groups (broad SMARTS) is 2. The minimum atomic E-state index is -0.942. The fourth-order valence-corrected chi connectivity index (χ4v) is 1.77. The molecule has 144 valence electrons. The van der Waals surface area contributed by atoms with Gasteiger partial charge < -0.3 is 20.7 Å². The molecule has 0 fully saturated rings. The monoisotopic (exact) mass is 373 g/mol. The summed E-state index contributed by atoms with van der Waals surface area (Å²) < 4.78 is 5.53. The third-order valence-electron chi connectivity index (χ3n) is 3.40. The van der Waals surface area contributed by atoms with Gasteiger partial charge in [0.25, 0.3) is 5.97 Å². The fraction of sp³-hybridized carbons (Fsp3) is 0.263. The summed E-state index contributed by atoms with van der Waals surface area (Å²) in [6, 6.07) is 10.8. The molecule has 5 N–H and O–H groups in total. The first kappa shape index (κ1) is 21.6. The number of amidine groups is 1. The molecule has 0 bridgehead atoms. The molecule has 0 unspecified atom stereocenters. The van der Waals surface area contributed by atoms with E-state index in [4.69, 9.17) is 30.9 Å². The number of carbonyl (C=O) groups is 2. The lowest BCUT2D eigenvalue weighted by molar-refractivity contribution is -0.148. The van der Waals surface area contributed by atoms with Crippen molar-refractivity contribution in [3.05, 3.63) is 48.2 Å². The maximum Gasteiger partial charge on any atom is 0.312 e. The topological polar surface area (TPSA) is 147 Å². The molecular formula is C19H23N3O5. The van der Waals surface area contributed by atoms with E-state index in [0.29, 0.717) is 11.3 Å². The summed E-state index contributed by atoms with van der Waals surface area (Å²) in [4.78, 5) is 24.3. The Bertz CT molecular complexity index is 795. The summed E-state index contributed by atoms with van der Waals surface area (Å²) in [7, 11) is 0. The number of rotatable bonds is 6. The van der Waals surface area contributed by atoms with Gasteiger partial charge in [-0.05, 0) is 50.2 Å². The van der Waals surface area contributed by atoms with Gasteiger partial charge in [-0.1, -0.05) is 0 Å². The second-order valence-corrected chi connectivity index (χ2v) is 6.37. The van der Waals surface area contributed by atoms with Gasteiger partial charge in [0.05, 0.1) is 11.1 Å². The van der Waals surface area contributed by atoms with Gasteiger partial charge in [0.2, 0.25) is 0 Å². The quantitative estimate of drug-likeness (QED) is 0.449. The highest BCUT2D eigenvalue weighted by molar-refractivity contribution is 5.94. The van der Waals surface area contributed by atoms with Crippen LogP contribution in [-0.4, -0.2) is 39.6 Å². The second kappa shape index (κ2) is 9.33. The minimum absolute atomic E-state index is 0.0196. The van der Waals surface area contributed by atoms with Crippen LogP contribution in [0, 0.1) is 10.8 Å². The smallest absolute Gasteiger partial charge is 0.312 e. The highest BCUT2D eigenvalue weighted by atomic mass is 16.5. The molecule has 0 aliphatic rings. The predicted octanol–water partition coefficient (Wildman–Crippen LogP) is 2.61. The van der Waals surface area contributed by atoms with Gasteiger partial charge in [-0.25, -0.2) is 0 Å². The second-order valence-electron chi connectivity index (χ2n) is 6.37. The van der Waals surface area contributed by atoms with Crippen LogP contribution in [0.4, 0.5) is 0 Å². The van der Waals surface area contributed by atoms with Crippen molar-refractivity contribution in [3.63, 3.8) is 0 Å². The molecule has 27 heavy (non-hydrogen) atoms. The summed E-state index contributed by atoms with van der Waals surface area (Å²) in [5.41, 5.74) is 6.68. The van der Waals surface area contributed by atoms with Crippen molar-refractivity contribution in [3.8, 4) is 17.0 Å². The fourth-order valence-electron chi connectivity index (χ4n) is 1.77. The molecule has 0 atom stereocenters. The van der Waals surface area contributed by atoms with E-state index in [1.54, 1.807) is 44.3 Å². The van der Waals surface area contributed by atoms with E-state index in [9.17, 15) is 4.79 Å². The number of ether oxygens (including phenoxy) is 1. The molecule has 0 amide bonds. The number of nitrogens with two attached hydrogens (primary N) is 1. The number of pyridine rings is 1. The third-order valence-corrected chi connectivity index (χ3v) is 3.40. The van der Waals surface area contributed by atoms with Gasteiger partial charge >= 0.3 is 5.97 Å². The minimum Gasteiger partial charge on any atom is -0.492 e. The average Bonchev–Trinajstić information content (AvgIpc) is 2.60. The number of benzene rings is 1. The molecular weight excluding hydrogens is 350 g/mol. The van der Waals surface area contributed by atoms with Gasteiger partial charge in [-0.15, -0.1) is 0 Å². The summed E-state index contributed by atoms with van der Waals surface area (Å²) in [6.45, 7) is 4.40. The van der Waals surface area contributed by atoms with Crippen LogP contribution >= 0.6 is 0 Å². The number of nitrogen functional groups attached to an aromatic ring is 1. The molecule has 8 heteroatoms. The standard InChI is InChI=1S/C17H19N3O3.C2H4O2/c1-17(2,16(21)22)10-23-13-6-3-11(4-7-13)14-8-5-12(9-20-14)15(18)19;1-2(3)4/h3-9H,10H2,1-2H3,(H3,18,19)(H,21,22);1H3,(H,3,4). The van der Waals surface area contributed by atoms with Crippen LogP contribution in [0.15, 0.2) is 42.6 Å². The number of nitrogens with zero attached hydrogens (tertiary/aromatic N) is 1. The van der Waals surface area contributed by atoms with Crippen molar-refractivity contribution in [2.45, 2.75) is 20.8 Å².